The molecule has 18 heavy (non-hydrogen) atoms. The first kappa shape index (κ1) is 13.5. The normalized spacial score (nSPS) is 18.7. The first-order chi connectivity index (χ1) is 8.67. The van der Waals surface area contributed by atoms with Crippen molar-refractivity contribution in [3.05, 3.63) is 11.9 Å². The van der Waals surface area contributed by atoms with E-state index in [1.807, 2.05) is 4.68 Å². The maximum absolute atomic E-state index is 4.27. The summed E-state index contributed by atoms with van der Waals surface area (Å²) in [5.74, 6) is 1.57. The topological polar surface area (TPSA) is 34.0 Å². The standard InChI is InChI=1S/C14H26N4/c1-4-13-5-7-17(8-6-13)10-14-11-18(16-15-14)9-12(2)3/h11-13H,4-10H2,1-3H3. The Balaban J connectivity index is 1.81. The highest BCUT2D eigenvalue weighted by Gasteiger charge is 2.18. The molecule has 0 atom stereocenters. The molecule has 0 aromatic carbocycles. The molecular formula is C14H26N4. The summed E-state index contributed by atoms with van der Waals surface area (Å²) in [5, 5.41) is 8.47. The minimum absolute atomic E-state index is 0.625. The van der Waals surface area contributed by atoms with Crippen molar-refractivity contribution < 1.29 is 0 Å². The van der Waals surface area contributed by atoms with Crippen molar-refractivity contribution in [2.45, 2.75) is 53.1 Å². The summed E-state index contributed by atoms with van der Waals surface area (Å²) >= 11 is 0. The highest BCUT2D eigenvalue weighted by atomic mass is 15.4. The summed E-state index contributed by atoms with van der Waals surface area (Å²) in [4.78, 5) is 2.51. The van der Waals surface area contributed by atoms with Gasteiger partial charge in [0.05, 0.1) is 5.69 Å². The largest absolute Gasteiger partial charge is 0.297 e. The second kappa shape index (κ2) is 6.32. The SMILES string of the molecule is CCC1CCN(Cc2cn(CC(C)C)nn2)CC1. The first-order valence-electron chi connectivity index (χ1n) is 7.28. The van der Waals surface area contributed by atoms with Gasteiger partial charge in [-0.15, -0.1) is 5.10 Å². The highest BCUT2D eigenvalue weighted by Crippen LogP contribution is 2.20. The lowest BCUT2D eigenvalue weighted by atomic mass is 9.94. The molecule has 1 saturated heterocycles. The molecule has 1 fully saturated rings. The molecule has 0 aliphatic carbocycles. The molecule has 2 heterocycles. The molecular weight excluding hydrogens is 224 g/mol. The van der Waals surface area contributed by atoms with E-state index in [2.05, 4.69) is 42.2 Å². The van der Waals surface area contributed by atoms with Crippen LogP contribution in [-0.4, -0.2) is 33.0 Å². The van der Waals surface area contributed by atoms with Gasteiger partial charge < -0.3 is 0 Å². The van der Waals surface area contributed by atoms with Gasteiger partial charge in [-0.25, -0.2) is 0 Å². The molecule has 0 unspecified atom stereocenters. The highest BCUT2D eigenvalue weighted by molar-refractivity contribution is 4.93. The Kier molecular flexibility index (Phi) is 4.75. The van der Waals surface area contributed by atoms with Crippen LogP contribution in [0.1, 0.15) is 45.7 Å². The van der Waals surface area contributed by atoms with Gasteiger partial charge in [-0.1, -0.05) is 32.4 Å². The zero-order valence-electron chi connectivity index (χ0n) is 12.0. The van der Waals surface area contributed by atoms with E-state index in [9.17, 15) is 0 Å². The van der Waals surface area contributed by atoms with E-state index in [-0.39, 0.29) is 0 Å². The Labute approximate surface area is 110 Å². The molecule has 1 aliphatic rings. The van der Waals surface area contributed by atoms with E-state index >= 15 is 0 Å². The lowest BCUT2D eigenvalue weighted by Crippen LogP contribution is -2.33. The van der Waals surface area contributed by atoms with Crippen LogP contribution in [-0.2, 0) is 13.1 Å². The summed E-state index contributed by atoms with van der Waals surface area (Å²) < 4.78 is 1.97. The second-order valence-electron chi connectivity index (χ2n) is 5.95. The van der Waals surface area contributed by atoms with Crippen molar-refractivity contribution in [2.75, 3.05) is 13.1 Å². The van der Waals surface area contributed by atoms with Crippen LogP contribution in [0.4, 0.5) is 0 Å². The zero-order valence-corrected chi connectivity index (χ0v) is 12.0. The Morgan fingerprint density at radius 2 is 2.06 bits per heavy atom. The van der Waals surface area contributed by atoms with Crippen molar-refractivity contribution in [1.82, 2.24) is 19.9 Å². The van der Waals surface area contributed by atoms with Gasteiger partial charge in [0, 0.05) is 19.3 Å². The average molecular weight is 250 g/mol. The van der Waals surface area contributed by atoms with Gasteiger partial charge in [-0.3, -0.25) is 9.58 Å². The fraction of sp³-hybridized carbons (Fsp3) is 0.857. The number of hydrogen-bond acceptors (Lipinski definition) is 3. The Morgan fingerprint density at radius 3 is 2.67 bits per heavy atom. The van der Waals surface area contributed by atoms with Crippen LogP contribution in [0.5, 0.6) is 0 Å². The first-order valence-corrected chi connectivity index (χ1v) is 7.28. The van der Waals surface area contributed by atoms with Crippen LogP contribution in [0.2, 0.25) is 0 Å². The third kappa shape index (κ3) is 3.80. The van der Waals surface area contributed by atoms with Gasteiger partial charge in [-0.05, 0) is 37.8 Å². The van der Waals surface area contributed by atoms with E-state index in [1.165, 1.54) is 32.4 Å². The summed E-state index contributed by atoms with van der Waals surface area (Å²) in [6, 6.07) is 0. The van der Waals surface area contributed by atoms with E-state index < -0.39 is 0 Å². The molecule has 0 N–H and O–H groups in total. The third-order valence-electron chi connectivity index (χ3n) is 3.81. The predicted octanol–water partition coefficient (Wildman–Crippen LogP) is 2.56. The summed E-state index contributed by atoms with van der Waals surface area (Å²) in [6.45, 7) is 11.1. The summed E-state index contributed by atoms with van der Waals surface area (Å²) in [7, 11) is 0. The van der Waals surface area contributed by atoms with Crippen LogP contribution < -0.4 is 0 Å². The number of rotatable bonds is 5. The Bertz CT molecular complexity index is 350. The zero-order chi connectivity index (χ0) is 13.0. The van der Waals surface area contributed by atoms with Gasteiger partial charge >= 0.3 is 0 Å². The lowest BCUT2D eigenvalue weighted by molar-refractivity contribution is 0.173. The maximum atomic E-state index is 4.27. The molecule has 1 aromatic rings. The number of nitrogens with zero attached hydrogens (tertiary/aromatic N) is 4. The molecule has 0 bridgehead atoms. The fourth-order valence-corrected chi connectivity index (χ4v) is 2.66. The van der Waals surface area contributed by atoms with Gasteiger partial charge in [0.25, 0.3) is 0 Å². The summed E-state index contributed by atoms with van der Waals surface area (Å²) in [5.41, 5.74) is 1.12. The van der Waals surface area contributed by atoms with Crippen LogP contribution in [0.25, 0.3) is 0 Å². The molecule has 2 rings (SSSR count). The van der Waals surface area contributed by atoms with Crippen LogP contribution in [0.3, 0.4) is 0 Å². The monoisotopic (exact) mass is 250 g/mol. The minimum atomic E-state index is 0.625. The van der Waals surface area contributed by atoms with Crippen LogP contribution >= 0.6 is 0 Å². The number of piperidine rings is 1. The fourth-order valence-electron chi connectivity index (χ4n) is 2.66. The van der Waals surface area contributed by atoms with E-state index in [1.54, 1.807) is 0 Å². The van der Waals surface area contributed by atoms with Crippen molar-refractivity contribution in [1.29, 1.82) is 0 Å². The molecule has 4 nitrogen and oxygen atoms in total. The van der Waals surface area contributed by atoms with E-state index in [0.717, 1.165) is 24.7 Å². The Hall–Kier alpha value is -0.900. The van der Waals surface area contributed by atoms with Crippen molar-refractivity contribution >= 4 is 0 Å². The predicted molar refractivity (Wildman–Crippen MR) is 73.2 cm³/mol. The number of likely N-dealkylation sites (tertiary alicyclic amines) is 1. The smallest absolute Gasteiger partial charge is 0.0967 e. The molecule has 1 aliphatic heterocycles. The van der Waals surface area contributed by atoms with E-state index in [4.69, 9.17) is 0 Å². The lowest BCUT2D eigenvalue weighted by Gasteiger charge is -2.30. The third-order valence-corrected chi connectivity index (χ3v) is 3.81. The van der Waals surface area contributed by atoms with Gasteiger partial charge in [0.1, 0.15) is 0 Å². The summed E-state index contributed by atoms with van der Waals surface area (Å²) in [6.07, 6.45) is 6.12. The molecule has 0 saturated carbocycles. The number of aromatic nitrogens is 3. The van der Waals surface area contributed by atoms with Crippen LogP contribution in [0, 0.1) is 11.8 Å². The number of hydrogen-bond donors (Lipinski definition) is 0. The van der Waals surface area contributed by atoms with Crippen molar-refractivity contribution in [3.63, 3.8) is 0 Å². The minimum Gasteiger partial charge on any atom is -0.297 e. The van der Waals surface area contributed by atoms with E-state index in [0.29, 0.717) is 5.92 Å². The molecule has 4 heteroatoms. The molecule has 0 spiro atoms. The average Bonchev–Trinajstić information content (AvgIpc) is 2.76. The molecule has 0 radical (unpaired) electrons. The second-order valence-corrected chi connectivity index (χ2v) is 5.95. The van der Waals surface area contributed by atoms with Gasteiger partial charge in [-0.2, -0.15) is 0 Å². The van der Waals surface area contributed by atoms with Gasteiger partial charge in [0.15, 0.2) is 0 Å². The molecule has 0 amide bonds. The Morgan fingerprint density at radius 1 is 1.33 bits per heavy atom. The maximum Gasteiger partial charge on any atom is 0.0967 e. The quantitative estimate of drug-likeness (QED) is 0.805. The molecule has 1 aromatic heterocycles. The van der Waals surface area contributed by atoms with Crippen molar-refractivity contribution in [2.24, 2.45) is 11.8 Å². The van der Waals surface area contributed by atoms with Crippen LogP contribution in [0.15, 0.2) is 6.20 Å². The van der Waals surface area contributed by atoms with Crippen molar-refractivity contribution in [3.8, 4) is 0 Å². The van der Waals surface area contributed by atoms with Gasteiger partial charge in [0.2, 0.25) is 0 Å². The molecule has 102 valence electrons.